The summed E-state index contributed by atoms with van der Waals surface area (Å²) < 4.78 is 14.2. The normalized spacial score (nSPS) is 10.8. The predicted molar refractivity (Wildman–Crippen MR) is 63.4 cm³/mol. The van der Waals surface area contributed by atoms with Crippen LogP contribution in [0, 0.1) is 12.7 Å². The quantitative estimate of drug-likeness (QED) is 0.810. The van der Waals surface area contributed by atoms with Crippen molar-refractivity contribution in [3.8, 4) is 17.4 Å². The van der Waals surface area contributed by atoms with E-state index < -0.39 is 0 Å². The zero-order chi connectivity index (χ0) is 12.6. The number of aryl methyl sites for hydroxylation is 1. The van der Waals surface area contributed by atoms with Gasteiger partial charge in [-0.3, -0.25) is 4.57 Å². The maximum atomic E-state index is 13.0. The van der Waals surface area contributed by atoms with E-state index in [-0.39, 0.29) is 23.5 Å². The van der Waals surface area contributed by atoms with Crippen LogP contribution >= 0.6 is 11.6 Å². The van der Waals surface area contributed by atoms with Gasteiger partial charge in [-0.05, 0) is 30.7 Å². The Bertz CT molecular complexity index is 566. The lowest BCUT2D eigenvalue weighted by Crippen LogP contribution is -1.96. The summed E-state index contributed by atoms with van der Waals surface area (Å²) in [7, 11) is 0. The third kappa shape index (κ3) is 1.96. The van der Waals surface area contributed by atoms with Crippen molar-refractivity contribution >= 4 is 11.6 Å². The molecule has 2 rings (SSSR count). The van der Waals surface area contributed by atoms with Crippen molar-refractivity contribution in [3.63, 3.8) is 0 Å². The van der Waals surface area contributed by atoms with Crippen molar-refractivity contribution in [1.82, 2.24) is 4.57 Å². The van der Waals surface area contributed by atoms with E-state index in [1.54, 1.807) is 6.92 Å². The number of nitrogens with zero attached hydrogens (tertiary/aromatic N) is 1. The summed E-state index contributed by atoms with van der Waals surface area (Å²) in [5.41, 5.74) is 1.54. The molecule has 2 N–H and O–H groups in total. The molecule has 0 unspecified atom stereocenters. The molecule has 0 fully saturated rings. The molecule has 0 saturated carbocycles. The lowest BCUT2D eigenvalue weighted by molar-refractivity contribution is 0.400. The number of alkyl halides is 1. The first kappa shape index (κ1) is 11.8. The number of aromatic hydroxyl groups is 2. The Labute approximate surface area is 103 Å². The Morgan fingerprint density at radius 2 is 2.00 bits per heavy atom. The van der Waals surface area contributed by atoms with Gasteiger partial charge in [-0.1, -0.05) is 0 Å². The molecule has 0 atom stereocenters. The Morgan fingerprint density at radius 1 is 1.29 bits per heavy atom. The predicted octanol–water partition coefficient (Wildman–Crippen LogP) is 3.07. The molecule has 5 heteroatoms. The molecule has 0 radical (unpaired) electrons. The van der Waals surface area contributed by atoms with Gasteiger partial charge in [-0.25, -0.2) is 4.39 Å². The van der Waals surface area contributed by atoms with Gasteiger partial charge < -0.3 is 10.2 Å². The molecule has 1 aromatic carbocycles. The van der Waals surface area contributed by atoms with Crippen LogP contribution in [0.4, 0.5) is 4.39 Å². The summed E-state index contributed by atoms with van der Waals surface area (Å²) in [6.07, 6.45) is 0. The van der Waals surface area contributed by atoms with Gasteiger partial charge in [0.25, 0.3) is 0 Å². The van der Waals surface area contributed by atoms with Gasteiger partial charge in [0.1, 0.15) is 5.82 Å². The van der Waals surface area contributed by atoms with Crippen LogP contribution in [-0.4, -0.2) is 14.8 Å². The highest BCUT2D eigenvalue weighted by Gasteiger charge is 2.16. The van der Waals surface area contributed by atoms with E-state index in [1.807, 2.05) is 0 Å². The van der Waals surface area contributed by atoms with E-state index in [1.165, 1.54) is 28.8 Å². The summed E-state index contributed by atoms with van der Waals surface area (Å²) in [6, 6.07) is 5.46. The van der Waals surface area contributed by atoms with Crippen LogP contribution < -0.4 is 0 Å². The van der Waals surface area contributed by atoms with Crippen molar-refractivity contribution < 1.29 is 14.6 Å². The highest BCUT2D eigenvalue weighted by molar-refractivity contribution is 6.17. The van der Waals surface area contributed by atoms with E-state index in [2.05, 4.69) is 0 Å². The van der Waals surface area contributed by atoms with Crippen LogP contribution in [0.5, 0.6) is 11.8 Å². The first-order valence-electron chi connectivity index (χ1n) is 4.99. The highest BCUT2D eigenvalue weighted by Crippen LogP contribution is 2.33. The summed E-state index contributed by atoms with van der Waals surface area (Å²) in [6.45, 7) is 1.69. The molecule has 0 bridgehead atoms. The molecule has 0 amide bonds. The van der Waals surface area contributed by atoms with Crippen LogP contribution in [-0.2, 0) is 5.88 Å². The van der Waals surface area contributed by atoms with Gasteiger partial charge in [-0.2, -0.15) is 0 Å². The van der Waals surface area contributed by atoms with Gasteiger partial charge in [0, 0.05) is 11.6 Å². The molecule has 1 heterocycles. The molecular weight excluding hydrogens is 245 g/mol. The third-order valence-electron chi connectivity index (χ3n) is 2.58. The maximum Gasteiger partial charge on any atom is 0.203 e. The van der Waals surface area contributed by atoms with Crippen molar-refractivity contribution in [1.29, 1.82) is 0 Å². The average molecular weight is 256 g/mol. The number of benzene rings is 1. The van der Waals surface area contributed by atoms with Crippen molar-refractivity contribution in [3.05, 3.63) is 41.2 Å². The van der Waals surface area contributed by atoms with Crippen LogP contribution in [0.15, 0.2) is 24.3 Å². The summed E-state index contributed by atoms with van der Waals surface area (Å²) in [4.78, 5) is 0. The molecule has 0 aliphatic rings. The standard InChI is InChI=1S/C12H11ClFNO2/c1-7-4-9(14)2-3-10(7)15-11(16)5-8(6-13)12(15)17/h2-5,16-17H,6H2,1H3. The van der Waals surface area contributed by atoms with Crippen LogP contribution in [0.1, 0.15) is 11.1 Å². The van der Waals surface area contributed by atoms with Gasteiger partial charge in [0.2, 0.25) is 5.88 Å². The van der Waals surface area contributed by atoms with E-state index in [4.69, 9.17) is 11.6 Å². The Balaban J connectivity index is 2.64. The Morgan fingerprint density at radius 3 is 2.53 bits per heavy atom. The molecule has 0 aliphatic carbocycles. The van der Waals surface area contributed by atoms with Crippen molar-refractivity contribution in [2.45, 2.75) is 12.8 Å². The van der Waals surface area contributed by atoms with Crippen molar-refractivity contribution in [2.24, 2.45) is 0 Å². The maximum absolute atomic E-state index is 13.0. The number of halogens is 2. The molecule has 3 nitrogen and oxygen atoms in total. The fourth-order valence-corrected chi connectivity index (χ4v) is 1.94. The van der Waals surface area contributed by atoms with E-state index in [9.17, 15) is 14.6 Å². The minimum absolute atomic E-state index is 0.0899. The summed E-state index contributed by atoms with van der Waals surface area (Å²) in [5.74, 6) is -0.540. The summed E-state index contributed by atoms with van der Waals surface area (Å²) in [5, 5.41) is 19.6. The molecule has 1 aromatic heterocycles. The number of hydrogen-bond donors (Lipinski definition) is 2. The largest absolute Gasteiger partial charge is 0.494 e. The minimum Gasteiger partial charge on any atom is -0.494 e. The van der Waals surface area contributed by atoms with Gasteiger partial charge >= 0.3 is 0 Å². The molecule has 0 saturated heterocycles. The number of rotatable bonds is 2. The molecule has 17 heavy (non-hydrogen) atoms. The lowest BCUT2D eigenvalue weighted by Gasteiger charge is -2.10. The lowest BCUT2D eigenvalue weighted by atomic mass is 10.2. The van der Waals surface area contributed by atoms with Crippen LogP contribution in [0.25, 0.3) is 5.69 Å². The van der Waals surface area contributed by atoms with E-state index in [0.29, 0.717) is 16.8 Å². The average Bonchev–Trinajstić information content (AvgIpc) is 2.55. The topological polar surface area (TPSA) is 45.4 Å². The first-order chi connectivity index (χ1) is 8.04. The minimum atomic E-state index is -0.366. The molecule has 2 aromatic rings. The SMILES string of the molecule is Cc1cc(F)ccc1-n1c(O)cc(CCl)c1O. The van der Waals surface area contributed by atoms with E-state index >= 15 is 0 Å². The van der Waals surface area contributed by atoms with Gasteiger partial charge in [0.15, 0.2) is 5.88 Å². The molecular formula is C12H11ClFNO2. The zero-order valence-corrected chi connectivity index (χ0v) is 9.87. The van der Waals surface area contributed by atoms with Gasteiger partial charge in [0.05, 0.1) is 11.6 Å². The third-order valence-corrected chi connectivity index (χ3v) is 2.86. The monoisotopic (exact) mass is 255 g/mol. The Hall–Kier alpha value is -1.68. The van der Waals surface area contributed by atoms with Gasteiger partial charge in [-0.15, -0.1) is 11.6 Å². The molecule has 0 aliphatic heterocycles. The highest BCUT2D eigenvalue weighted by atomic mass is 35.5. The number of hydrogen-bond acceptors (Lipinski definition) is 2. The second-order valence-corrected chi connectivity index (χ2v) is 4.02. The number of aromatic nitrogens is 1. The fourth-order valence-electron chi connectivity index (χ4n) is 1.74. The van der Waals surface area contributed by atoms with Crippen LogP contribution in [0.3, 0.4) is 0 Å². The second kappa shape index (κ2) is 4.30. The molecule has 0 spiro atoms. The fraction of sp³-hybridized carbons (Fsp3) is 0.167. The van der Waals surface area contributed by atoms with Crippen molar-refractivity contribution in [2.75, 3.05) is 0 Å². The summed E-state index contributed by atoms with van der Waals surface area (Å²) >= 11 is 5.63. The Kier molecular flexibility index (Phi) is 2.98. The zero-order valence-electron chi connectivity index (χ0n) is 9.11. The van der Waals surface area contributed by atoms with E-state index in [0.717, 1.165) is 0 Å². The smallest absolute Gasteiger partial charge is 0.203 e. The van der Waals surface area contributed by atoms with Crippen LogP contribution in [0.2, 0.25) is 0 Å². The second-order valence-electron chi connectivity index (χ2n) is 3.75. The first-order valence-corrected chi connectivity index (χ1v) is 5.53. The molecule has 90 valence electrons.